The minimum absolute atomic E-state index is 0.111. The van der Waals surface area contributed by atoms with E-state index in [1.54, 1.807) is 6.20 Å². The van der Waals surface area contributed by atoms with Gasteiger partial charge >= 0.3 is 0 Å². The predicted molar refractivity (Wildman–Crippen MR) is 115 cm³/mol. The normalized spacial score (nSPS) is 13.0. The summed E-state index contributed by atoms with van der Waals surface area (Å²) in [7, 11) is 0. The molecule has 30 heavy (non-hydrogen) atoms. The molecule has 1 aliphatic heterocycles. The summed E-state index contributed by atoms with van der Waals surface area (Å²) in [5.74, 6) is 0.0433. The van der Waals surface area contributed by atoms with Crippen molar-refractivity contribution in [3.63, 3.8) is 0 Å². The highest BCUT2D eigenvalue weighted by Crippen LogP contribution is 2.19. The van der Waals surface area contributed by atoms with Gasteiger partial charge in [0.1, 0.15) is 0 Å². The van der Waals surface area contributed by atoms with Crippen LogP contribution in [-0.2, 0) is 24.3 Å². The summed E-state index contributed by atoms with van der Waals surface area (Å²) in [5.41, 5.74) is 4.29. The van der Waals surface area contributed by atoms with Gasteiger partial charge in [-0.2, -0.15) is 5.10 Å². The van der Waals surface area contributed by atoms with E-state index in [1.165, 1.54) is 11.1 Å². The molecule has 0 saturated heterocycles. The van der Waals surface area contributed by atoms with Crippen molar-refractivity contribution in [3.05, 3.63) is 89.2 Å². The molecule has 1 aliphatic rings. The SMILES string of the molecule is O=C(NCCCC(=O)N1CCc2ccccc2C1)c1ccc(Cn2cccn2)cc1. The maximum absolute atomic E-state index is 12.5. The minimum atomic E-state index is -0.111. The van der Waals surface area contributed by atoms with E-state index >= 15 is 0 Å². The molecule has 0 fully saturated rings. The summed E-state index contributed by atoms with van der Waals surface area (Å²) in [5, 5.41) is 7.10. The molecule has 0 aliphatic carbocycles. The van der Waals surface area contributed by atoms with E-state index in [9.17, 15) is 9.59 Å². The number of hydrogen-bond acceptors (Lipinski definition) is 3. The first-order chi connectivity index (χ1) is 14.7. The van der Waals surface area contributed by atoms with Crippen molar-refractivity contribution < 1.29 is 9.59 Å². The monoisotopic (exact) mass is 402 g/mol. The average molecular weight is 402 g/mol. The van der Waals surface area contributed by atoms with Crippen LogP contribution in [0, 0.1) is 0 Å². The molecule has 0 spiro atoms. The zero-order chi connectivity index (χ0) is 20.8. The van der Waals surface area contributed by atoms with E-state index in [1.807, 2.05) is 58.2 Å². The van der Waals surface area contributed by atoms with Gasteiger partial charge in [-0.3, -0.25) is 14.3 Å². The van der Waals surface area contributed by atoms with Gasteiger partial charge in [0.05, 0.1) is 6.54 Å². The van der Waals surface area contributed by atoms with Crippen LogP contribution in [0.2, 0.25) is 0 Å². The van der Waals surface area contributed by atoms with E-state index < -0.39 is 0 Å². The Morgan fingerprint density at radius 3 is 2.57 bits per heavy atom. The standard InChI is InChI=1S/C24H26N4O2/c29-23(27-16-12-20-5-1-2-6-22(20)18-27)7-3-13-25-24(30)21-10-8-19(9-11-21)17-28-15-4-14-26-28/h1-2,4-6,8-11,14-15H,3,7,12-13,16-18H2,(H,25,30). The molecule has 3 aromatic rings. The number of aromatic nitrogens is 2. The lowest BCUT2D eigenvalue weighted by atomic mass is 9.99. The number of rotatable bonds is 7. The number of fused-ring (bicyclic) bond motifs is 1. The highest BCUT2D eigenvalue weighted by molar-refractivity contribution is 5.94. The quantitative estimate of drug-likeness (QED) is 0.618. The van der Waals surface area contributed by atoms with Crippen LogP contribution >= 0.6 is 0 Å². The van der Waals surface area contributed by atoms with Gasteiger partial charge in [-0.25, -0.2) is 0 Å². The summed E-state index contributed by atoms with van der Waals surface area (Å²) in [6.45, 7) is 2.63. The summed E-state index contributed by atoms with van der Waals surface area (Å²) in [4.78, 5) is 26.7. The molecule has 1 aromatic heterocycles. The maximum Gasteiger partial charge on any atom is 0.251 e. The molecule has 2 aromatic carbocycles. The first-order valence-electron chi connectivity index (χ1n) is 10.4. The Morgan fingerprint density at radius 2 is 1.80 bits per heavy atom. The Bertz CT molecular complexity index is 996. The van der Waals surface area contributed by atoms with Gasteiger partial charge in [-0.05, 0) is 47.7 Å². The van der Waals surface area contributed by atoms with Crippen LogP contribution in [0.15, 0.2) is 67.0 Å². The molecule has 6 heteroatoms. The lowest BCUT2D eigenvalue weighted by molar-refractivity contribution is -0.132. The maximum atomic E-state index is 12.5. The van der Waals surface area contributed by atoms with E-state index in [2.05, 4.69) is 22.5 Å². The molecule has 2 heterocycles. The number of carbonyl (C=O) groups excluding carboxylic acids is 2. The molecule has 4 rings (SSSR count). The fraction of sp³-hybridized carbons (Fsp3) is 0.292. The van der Waals surface area contributed by atoms with Crippen LogP contribution in [-0.4, -0.2) is 39.6 Å². The van der Waals surface area contributed by atoms with Gasteiger partial charge in [0, 0.05) is 44.0 Å². The summed E-state index contributed by atoms with van der Waals surface area (Å²) >= 11 is 0. The van der Waals surface area contributed by atoms with Gasteiger partial charge in [-0.1, -0.05) is 36.4 Å². The van der Waals surface area contributed by atoms with Crippen molar-refractivity contribution >= 4 is 11.8 Å². The molecule has 0 saturated carbocycles. The van der Waals surface area contributed by atoms with Crippen molar-refractivity contribution in [2.45, 2.75) is 32.4 Å². The smallest absolute Gasteiger partial charge is 0.251 e. The van der Waals surface area contributed by atoms with Gasteiger partial charge in [0.2, 0.25) is 5.91 Å². The van der Waals surface area contributed by atoms with Crippen LogP contribution in [0.5, 0.6) is 0 Å². The third kappa shape index (κ3) is 4.95. The molecule has 0 radical (unpaired) electrons. The number of hydrogen-bond donors (Lipinski definition) is 1. The second-order valence-electron chi connectivity index (χ2n) is 7.59. The van der Waals surface area contributed by atoms with Crippen LogP contribution in [0.3, 0.4) is 0 Å². The van der Waals surface area contributed by atoms with Gasteiger partial charge in [-0.15, -0.1) is 0 Å². The van der Waals surface area contributed by atoms with Crippen molar-refractivity contribution in [1.29, 1.82) is 0 Å². The fourth-order valence-electron chi connectivity index (χ4n) is 3.75. The summed E-state index contributed by atoms with van der Waals surface area (Å²) in [6.07, 6.45) is 5.65. The largest absolute Gasteiger partial charge is 0.352 e. The third-order valence-electron chi connectivity index (χ3n) is 5.46. The summed E-state index contributed by atoms with van der Waals surface area (Å²) < 4.78 is 1.84. The fourth-order valence-corrected chi connectivity index (χ4v) is 3.75. The molecule has 1 N–H and O–H groups in total. The number of benzene rings is 2. The molecule has 0 bridgehead atoms. The Balaban J connectivity index is 1.19. The van der Waals surface area contributed by atoms with Crippen molar-refractivity contribution in [1.82, 2.24) is 20.0 Å². The topological polar surface area (TPSA) is 67.2 Å². The second kappa shape index (κ2) is 9.39. The van der Waals surface area contributed by atoms with Crippen LogP contribution in [0.4, 0.5) is 0 Å². The molecule has 0 unspecified atom stereocenters. The first kappa shape index (κ1) is 19.9. The van der Waals surface area contributed by atoms with Crippen molar-refractivity contribution in [3.8, 4) is 0 Å². The second-order valence-corrected chi connectivity index (χ2v) is 7.59. The highest BCUT2D eigenvalue weighted by Gasteiger charge is 2.19. The van der Waals surface area contributed by atoms with Crippen LogP contribution in [0.25, 0.3) is 0 Å². The van der Waals surface area contributed by atoms with Gasteiger partial charge < -0.3 is 10.2 Å². The Labute approximate surface area is 176 Å². The Morgan fingerprint density at radius 1 is 1.00 bits per heavy atom. The lowest BCUT2D eigenvalue weighted by Gasteiger charge is -2.29. The van der Waals surface area contributed by atoms with Crippen LogP contribution < -0.4 is 5.32 Å². The van der Waals surface area contributed by atoms with E-state index in [0.29, 0.717) is 38.0 Å². The third-order valence-corrected chi connectivity index (χ3v) is 5.46. The molecule has 154 valence electrons. The van der Waals surface area contributed by atoms with Gasteiger partial charge in [0.15, 0.2) is 0 Å². The lowest BCUT2D eigenvalue weighted by Crippen LogP contribution is -2.36. The van der Waals surface area contributed by atoms with E-state index in [0.717, 1.165) is 18.5 Å². The number of nitrogens with one attached hydrogen (secondary N) is 1. The van der Waals surface area contributed by atoms with Crippen LogP contribution in [0.1, 0.15) is 39.9 Å². The first-order valence-corrected chi connectivity index (χ1v) is 10.4. The van der Waals surface area contributed by atoms with Crippen molar-refractivity contribution in [2.75, 3.05) is 13.1 Å². The minimum Gasteiger partial charge on any atom is -0.352 e. The summed E-state index contributed by atoms with van der Waals surface area (Å²) in [6, 6.07) is 17.7. The van der Waals surface area contributed by atoms with E-state index in [4.69, 9.17) is 0 Å². The number of amides is 2. The highest BCUT2D eigenvalue weighted by atomic mass is 16.2. The number of nitrogens with zero attached hydrogens (tertiary/aromatic N) is 3. The molecule has 2 amide bonds. The zero-order valence-electron chi connectivity index (χ0n) is 17.0. The van der Waals surface area contributed by atoms with Crippen molar-refractivity contribution in [2.24, 2.45) is 0 Å². The van der Waals surface area contributed by atoms with E-state index in [-0.39, 0.29) is 11.8 Å². The zero-order valence-corrected chi connectivity index (χ0v) is 17.0. The molecular formula is C24H26N4O2. The number of carbonyl (C=O) groups is 2. The molecule has 0 atom stereocenters. The molecule has 6 nitrogen and oxygen atoms in total. The Hall–Kier alpha value is -3.41. The van der Waals surface area contributed by atoms with Gasteiger partial charge in [0.25, 0.3) is 5.91 Å². The molecular weight excluding hydrogens is 376 g/mol. The Kier molecular flexibility index (Phi) is 6.23. The average Bonchev–Trinajstić information content (AvgIpc) is 3.29. The predicted octanol–water partition coefficient (Wildman–Crippen LogP) is 3.03.